The summed E-state index contributed by atoms with van der Waals surface area (Å²) in [6.45, 7) is 3.84. The number of rotatable bonds is 3. The topological polar surface area (TPSA) is 49.3 Å². The van der Waals surface area contributed by atoms with E-state index in [0.717, 1.165) is 9.13 Å². The standard InChI is InChI=1S/C11H14INO2/c1-7(14)6-13-11(15)9-4-3-5-10(12)8(9)2/h3-5,7,14H,6H2,1-2H3,(H,13,15). The summed E-state index contributed by atoms with van der Waals surface area (Å²) >= 11 is 2.20. The van der Waals surface area contributed by atoms with E-state index in [4.69, 9.17) is 5.11 Å². The molecule has 0 saturated heterocycles. The first-order chi connectivity index (χ1) is 7.02. The van der Waals surface area contributed by atoms with E-state index in [1.165, 1.54) is 0 Å². The Kier molecular flexibility index (Phi) is 4.53. The molecule has 1 aromatic rings. The second kappa shape index (κ2) is 5.46. The molecule has 0 radical (unpaired) electrons. The smallest absolute Gasteiger partial charge is 0.251 e. The van der Waals surface area contributed by atoms with E-state index in [2.05, 4.69) is 27.9 Å². The zero-order valence-corrected chi connectivity index (χ0v) is 10.9. The van der Waals surface area contributed by atoms with Crippen molar-refractivity contribution >= 4 is 28.5 Å². The lowest BCUT2D eigenvalue weighted by Crippen LogP contribution is -2.31. The summed E-state index contributed by atoms with van der Waals surface area (Å²) in [7, 11) is 0. The molecule has 0 saturated carbocycles. The van der Waals surface area contributed by atoms with Crippen molar-refractivity contribution in [1.82, 2.24) is 5.32 Å². The fourth-order valence-corrected chi connectivity index (χ4v) is 1.69. The van der Waals surface area contributed by atoms with Gasteiger partial charge in [-0.2, -0.15) is 0 Å². The van der Waals surface area contributed by atoms with E-state index < -0.39 is 6.10 Å². The zero-order valence-electron chi connectivity index (χ0n) is 8.75. The number of carbonyl (C=O) groups excluding carboxylic acids is 1. The Balaban J connectivity index is 2.78. The second-order valence-electron chi connectivity index (χ2n) is 3.47. The van der Waals surface area contributed by atoms with Crippen molar-refractivity contribution in [2.45, 2.75) is 20.0 Å². The van der Waals surface area contributed by atoms with Gasteiger partial charge < -0.3 is 10.4 Å². The van der Waals surface area contributed by atoms with E-state index in [1.807, 2.05) is 19.1 Å². The van der Waals surface area contributed by atoms with Gasteiger partial charge in [0.15, 0.2) is 0 Å². The highest BCUT2D eigenvalue weighted by Gasteiger charge is 2.10. The largest absolute Gasteiger partial charge is 0.392 e. The van der Waals surface area contributed by atoms with Gasteiger partial charge in [-0.1, -0.05) is 6.07 Å². The summed E-state index contributed by atoms with van der Waals surface area (Å²) < 4.78 is 1.07. The first-order valence-electron chi connectivity index (χ1n) is 4.73. The zero-order chi connectivity index (χ0) is 11.4. The molecule has 0 aliphatic heterocycles. The Morgan fingerprint density at radius 1 is 1.60 bits per heavy atom. The van der Waals surface area contributed by atoms with Crippen LogP contribution in [0.1, 0.15) is 22.8 Å². The normalized spacial score (nSPS) is 12.3. The first-order valence-corrected chi connectivity index (χ1v) is 5.81. The molecule has 0 fully saturated rings. The molecule has 0 spiro atoms. The van der Waals surface area contributed by atoms with Crippen molar-refractivity contribution in [3.8, 4) is 0 Å². The van der Waals surface area contributed by atoms with Crippen LogP contribution in [0.4, 0.5) is 0 Å². The summed E-state index contributed by atoms with van der Waals surface area (Å²) in [5.41, 5.74) is 1.64. The summed E-state index contributed by atoms with van der Waals surface area (Å²) in [6.07, 6.45) is -0.517. The van der Waals surface area contributed by atoms with Crippen LogP contribution in [0.25, 0.3) is 0 Å². The number of benzene rings is 1. The minimum absolute atomic E-state index is 0.132. The fourth-order valence-electron chi connectivity index (χ4n) is 1.19. The number of carbonyl (C=O) groups is 1. The van der Waals surface area contributed by atoms with Crippen LogP contribution in [0, 0.1) is 10.5 Å². The Hall–Kier alpha value is -0.620. The average molecular weight is 319 g/mol. The number of hydrogen-bond acceptors (Lipinski definition) is 2. The lowest BCUT2D eigenvalue weighted by Gasteiger charge is -2.09. The maximum atomic E-state index is 11.7. The third kappa shape index (κ3) is 3.46. The van der Waals surface area contributed by atoms with Crippen molar-refractivity contribution in [2.24, 2.45) is 0 Å². The minimum Gasteiger partial charge on any atom is -0.392 e. The molecular weight excluding hydrogens is 305 g/mol. The highest BCUT2D eigenvalue weighted by atomic mass is 127. The van der Waals surface area contributed by atoms with Crippen LogP contribution in [0.3, 0.4) is 0 Å². The molecule has 2 N–H and O–H groups in total. The molecular formula is C11H14INO2. The van der Waals surface area contributed by atoms with Gasteiger partial charge in [-0.25, -0.2) is 0 Å². The molecule has 0 aromatic heterocycles. The van der Waals surface area contributed by atoms with Gasteiger partial charge in [0.1, 0.15) is 0 Å². The fraction of sp³-hybridized carbons (Fsp3) is 0.364. The molecule has 1 atom stereocenters. The van der Waals surface area contributed by atoms with E-state index in [9.17, 15) is 4.79 Å². The molecule has 4 heteroatoms. The third-order valence-electron chi connectivity index (χ3n) is 2.07. The molecule has 1 aromatic carbocycles. The van der Waals surface area contributed by atoms with Gasteiger partial charge in [-0.15, -0.1) is 0 Å². The molecule has 0 aliphatic rings. The monoisotopic (exact) mass is 319 g/mol. The average Bonchev–Trinajstić information content (AvgIpc) is 2.18. The van der Waals surface area contributed by atoms with Crippen molar-refractivity contribution in [1.29, 1.82) is 0 Å². The van der Waals surface area contributed by atoms with Crippen molar-refractivity contribution in [2.75, 3.05) is 6.54 Å². The van der Waals surface area contributed by atoms with E-state index in [1.54, 1.807) is 13.0 Å². The lowest BCUT2D eigenvalue weighted by atomic mass is 10.1. The number of aliphatic hydroxyl groups excluding tert-OH is 1. The van der Waals surface area contributed by atoms with E-state index >= 15 is 0 Å². The van der Waals surface area contributed by atoms with Crippen LogP contribution in [0.5, 0.6) is 0 Å². The van der Waals surface area contributed by atoms with Crippen LogP contribution in [-0.2, 0) is 0 Å². The molecule has 1 amide bonds. The number of aliphatic hydroxyl groups is 1. The van der Waals surface area contributed by atoms with Crippen molar-refractivity contribution < 1.29 is 9.90 Å². The number of hydrogen-bond donors (Lipinski definition) is 2. The Labute approximate surface area is 103 Å². The minimum atomic E-state index is -0.517. The highest BCUT2D eigenvalue weighted by Crippen LogP contribution is 2.15. The SMILES string of the molecule is Cc1c(I)cccc1C(=O)NCC(C)O. The summed E-state index contributed by atoms with van der Waals surface area (Å²) in [5, 5.41) is 11.7. The highest BCUT2D eigenvalue weighted by molar-refractivity contribution is 14.1. The van der Waals surface area contributed by atoms with Crippen LogP contribution in [0.2, 0.25) is 0 Å². The molecule has 0 heterocycles. The molecule has 1 rings (SSSR count). The summed E-state index contributed by atoms with van der Waals surface area (Å²) in [6, 6.07) is 5.60. The number of halogens is 1. The van der Waals surface area contributed by atoms with Gasteiger partial charge in [0, 0.05) is 15.7 Å². The predicted octanol–water partition coefficient (Wildman–Crippen LogP) is 1.71. The van der Waals surface area contributed by atoms with Gasteiger partial charge in [0.2, 0.25) is 0 Å². The lowest BCUT2D eigenvalue weighted by molar-refractivity contribution is 0.0923. The predicted molar refractivity (Wildman–Crippen MR) is 67.9 cm³/mol. The van der Waals surface area contributed by atoms with E-state index in [0.29, 0.717) is 5.56 Å². The van der Waals surface area contributed by atoms with Crippen LogP contribution in [-0.4, -0.2) is 23.7 Å². The van der Waals surface area contributed by atoms with Crippen LogP contribution < -0.4 is 5.32 Å². The Bertz CT molecular complexity index is 364. The van der Waals surface area contributed by atoms with Gasteiger partial charge in [-0.05, 0) is 54.1 Å². The van der Waals surface area contributed by atoms with Crippen LogP contribution in [0.15, 0.2) is 18.2 Å². The Morgan fingerprint density at radius 2 is 2.27 bits per heavy atom. The number of amides is 1. The van der Waals surface area contributed by atoms with Crippen molar-refractivity contribution in [3.05, 3.63) is 32.9 Å². The van der Waals surface area contributed by atoms with E-state index in [-0.39, 0.29) is 12.5 Å². The van der Waals surface area contributed by atoms with Crippen molar-refractivity contribution in [3.63, 3.8) is 0 Å². The van der Waals surface area contributed by atoms with Gasteiger partial charge >= 0.3 is 0 Å². The van der Waals surface area contributed by atoms with Gasteiger partial charge in [0.25, 0.3) is 5.91 Å². The number of nitrogens with one attached hydrogen (secondary N) is 1. The molecule has 82 valence electrons. The first kappa shape index (κ1) is 12.4. The maximum Gasteiger partial charge on any atom is 0.251 e. The second-order valence-corrected chi connectivity index (χ2v) is 4.63. The summed E-state index contributed by atoms with van der Waals surface area (Å²) in [5.74, 6) is -0.132. The van der Waals surface area contributed by atoms with Gasteiger partial charge in [0.05, 0.1) is 6.10 Å². The Morgan fingerprint density at radius 3 is 2.87 bits per heavy atom. The molecule has 15 heavy (non-hydrogen) atoms. The molecule has 0 bridgehead atoms. The molecule has 0 aliphatic carbocycles. The van der Waals surface area contributed by atoms with Gasteiger partial charge in [-0.3, -0.25) is 4.79 Å². The maximum absolute atomic E-state index is 11.7. The third-order valence-corrected chi connectivity index (χ3v) is 3.24. The summed E-state index contributed by atoms with van der Waals surface area (Å²) in [4.78, 5) is 11.7. The quantitative estimate of drug-likeness (QED) is 0.834. The van der Waals surface area contributed by atoms with Crippen LogP contribution >= 0.6 is 22.6 Å². The molecule has 3 nitrogen and oxygen atoms in total. The molecule has 1 unspecified atom stereocenters.